The summed E-state index contributed by atoms with van der Waals surface area (Å²) in [5, 5.41) is 11.1. The summed E-state index contributed by atoms with van der Waals surface area (Å²) >= 11 is 0. The Hall–Kier alpha value is -6.43. The van der Waals surface area contributed by atoms with E-state index in [4.69, 9.17) is 6.42 Å². The van der Waals surface area contributed by atoms with E-state index >= 15 is 0 Å². The predicted molar refractivity (Wildman–Crippen MR) is 257 cm³/mol. The van der Waals surface area contributed by atoms with Gasteiger partial charge in [-0.3, -0.25) is 4.79 Å². The summed E-state index contributed by atoms with van der Waals surface area (Å²) in [4.78, 5) is 13.3. The number of aromatic hydroxyl groups is 1. The summed E-state index contributed by atoms with van der Waals surface area (Å²) in [5.41, 5.74) is 8.54. The molecule has 0 fully saturated rings. The number of carbonyl (C=O) groups is 1. The maximum atomic E-state index is 13.3. The van der Waals surface area contributed by atoms with Crippen molar-refractivity contribution in [3.8, 4) is 88.4 Å². The number of terminal acetylenes is 1. The number of pyridine rings is 2. The highest BCUT2D eigenvalue weighted by molar-refractivity contribution is 6.12. The van der Waals surface area contributed by atoms with Crippen molar-refractivity contribution in [1.29, 1.82) is 0 Å². The van der Waals surface area contributed by atoms with Gasteiger partial charge in [0.1, 0.15) is 19.8 Å². The molecule has 0 saturated heterocycles. The molecular weight excluding hydrogens is 745 g/mol. The summed E-state index contributed by atoms with van der Waals surface area (Å²) in [6.45, 7) is 32.8. The predicted octanol–water partition coefficient (Wildman–Crippen LogP) is 11.0. The minimum absolute atomic E-state index is 0.151. The first-order valence-corrected chi connectivity index (χ1v) is 20.4. The molecule has 4 rings (SSSR count). The molecule has 0 saturated carbocycles. The molecule has 2 heterocycles. The number of aryl methyl sites for hydroxylation is 2. The fourth-order valence-electron chi connectivity index (χ4n) is 5.82. The lowest BCUT2D eigenvalue weighted by atomic mass is 9.71. The van der Waals surface area contributed by atoms with E-state index in [9.17, 15) is 9.90 Å². The first-order valence-electron chi connectivity index (χ1n) is 20.4. The van der Waals surface area contributed by atoms with Gasteiger partial charge in [0.05, 0.1) is 0 Å². The molecule has 0 aliphatic heterocycles. The summed E-state index contributed by atoms with van der Waals surface area (Å²) < 4.78 is 4.07. The van der Waals surface area contributed by atoms with E-state index in [1.54, 1.807) is 20.8 Å². The van der Waals surface area contributed by atoms with Gasteiger partial charge >= 0.3 is 0 Å². The number of phenolic OH excluding ortho intramolecular Hbond substituents is 1. The number of rotatable bonds is 2. The summed E-state index contributed by atoms with van der Waals surface area (Å²) in [6, 6.07) is 12.7. The van der Waals surface area contributed by atoms with Crippen molar-refractivity contribution in [2.75, 3.05) is 0 Å². The highest BCUT2D eigenvalue weighted by Gasteiger charge is 2.35. The highest BCUT2D eigenvalue weighted by Crippen LogP contribution is 2.44. The molecule has 4 nitrogen and oxygen atoms in total. The van der Waals surface area contributed by atoms with Crippen LogP contribution in [0.25, 0.3) is 16.7 Å². The second-order valence-electron chi connectivity index (χ2n) is 18.7. The molecule has 0 radical (unpaired) electrons. The molecular formula is C57H68N2O2+2. The Balaban J connectivity index is 0.000000519. The smallest absolute Gasteiger partial charge is 0.186 e. The molecule has 1 aliphatic rings. The third-order valence-corrected chi connectivity index (χ3v) is 9.35. The van der Waals surface area contributed by atoms with E-state index in [0.717, 1.165) is 39.0 Å². The van der Waals surface area contributed by atoms with Gasteiger partial charge in [-0.25, -0.2) is 9.13 Å². The molecule has 2 aromatic heterocycles. The number of carbonyl (C=O) groups excluding carboxylic acids is 1. The minimum atomic E-state index is -0.241. The number of nitrogens with zero attached hydrogens (tertiary/aromatic N) is 2. The molecule has 0 bridgehead atoms. The molecule has 0 unspecified atom stereocenters. The number of Topliss-reactive ketones (excluding diaryl/α,β-unsaturated/α-hetero) is 1. The van der Waals surface area contributed by atoms with Crippen LogP contribution in [-0.4, -0.2) is 10.9 Å². The summed E-state index contributed by atoms with van der Waals surface area (Å²) in [6.07, 6.45) is 17.2. The topological polar surface area (TPSA) is 45.1 Å². The van der Waals surface area contributed by atoms with E-state index in [2.05, 4.69) is 228 Å². The number of aromatic nitrogens is 2. The first-order chi connectivity index (χ1) is 28.2. The fraction of sp³-hybridized carbons (Fsp3) is 0.386. The van der Waals surface area contributed by atoms with Gasteiger partial charge in [0.25, 0.3) is 0 Å². The number of ketones is 1. The van der Waals surface area contributed by atoms with E-state index < -0.39 is 0 Å². The lowest BCUT2D eigenvalue weighted by molar-refractivity contribution is -0.671. The summed E-state index contributed by atoms with van der Waals surface area (Å²) in [7, 11) is 4.05. The number of hydrogen-bond acceptors (Lipinski definition) is 2. The molecule has 4 heteroatoms. The molecule has 1 N–H and O–H groups in total. The van der Waals surface area contributed by atoms with Gasteiger partial charge in [0.15, 0.2) is 30.6 Å². The standard InChI is InChI=1S/C30H44O2.C12H14N2.C8H6.C7H4/c1-18(19-14-21(27(2,3)4)25(31)22(15-19)28(5,6)7)20-16-23(29(8,9)10)26(32)24(17-20)30(11,12)13;1-13-7-3-11(4-8-13)12-5-9-14(2)10-6-12;1-3-5-7-8-6-4-2;1-3-5-7-6-4-2/h14-17,31H,1-13H3;3-10H,1-2H3;1-2H3;1H,2H3/q;+2;;. The van der Waals surface area contributed by atoms with Crippen molar-refractivity contribution in [3.63, 3.8) is 0 Å². The maximum Gasteiger partial charge on any atom is 0.186 e. The van der Waals surface area contributed by atoms with Gasteiger partial charge in [0, 0.05) is 46.5 Å². The third-order valence-electron chi connectivity index (χ3n) is 9.35. The van der Waals surface area contributed by atoms with Crippen molar-refractivity contribution in [2.24, 2.45) is 24.9 Å². The van der Waals surface area contributed by atoms with Crippen LogP contribution in [0.4, 0.5) is 0 Å². The van der Waals surface area contributed by atoms with Crippen molar-refractivity contribution >= 4 is 11.4 Å². The number of phenols is 1. The van der Waals surface area contributed by atoms with Gasteiger partial charge in [-0.05, 0) is 149 Å². The van der Waals surface area contributed by atoms with Crippen LogP contribution in [0.1, 0.15) is 127 Å². The normalized spacial score (nSPS) is 11.7. The Morgan fingerprint density at radius 1 is 0.557 bits per heavy atom. The second kappa shape index (κ2) is 23.4. The quantitative estimate of drug-likeness (QED) is 0.207. The zero-order chi connectivity index (χ0) is 46.8. The van der Waals surface area contributed by atoms with Gasteiger partial charge in [0.2, 0.25) is 0 Å². The molecule has 3 aromatic rings. The maximum absolute atomic E-state index is 13.3. The van der Waals surface area contributed by atoms with Crippen LogP contribution in [0.5, 0.6) is 5.75 Å². The Morgan fingerprint density at radius 3 is 1.16 bits per heavy atom. The monoisotopic (exact) mass is 813 g/mol. The number of benzene rings is 1. The van der Waals surface area contributed by atoms with E-state index in [1.807, 2.05) is 23.2 Å². The Kier molecular flexibility index (Phi) is 20.2. The van der Waals surface area contributed by atoms with Crippen LogP contribution in [0.15, 0.2) is 90.1 Å². The van der Waals surface area contributed by atoms with E-state index in [1.165, 1.54) is 11.1 Å². The molecule has 61 heavy (non-hydrogen) atoms. The van der Waals surface area contributed by atoms with E-state index in [-0.39, 0.29) is 27.4 Å². The Labute approximate surface area is 370 Å². The van der Waals surface area contributed by atoms with Crippen LogP contribution in [0.2, 0.25) is 0 Å². The van der Waals surface area contributed by atoms with E-state index in [0.29, 0.717) is 5.75 Å². The zero-order valence-electron chi connectivity index (χ0n) is 40.3. The SMILES string of the molecule is C#CC#CC#CC.CC#CC#CC#CC.CC(=C1C=C(C(C)(C)C)C(=O)C(C(C)(C)C)=C1)c1cc(C(C)(C)C)c(O)c(C(C)(C)C)c1.C[n+]1ccc(-c2cc[n+](C)cc2)cc1. The highest BCUT2D eigenvalue weighted by atomic mass is 16.3. The van der Waals surface area contributed by atoms with Crippen molar-refractivity contribution in [3.05, 3.63) is 107 Å². The Morgan fingerprint density at radius 2 is 0.885 bits per heavy atom. The minimum Gasteiger partial charge on any atom is -0.507 e. The number of allylic oxidation sites excluding steroid dienone is 6. The molecule has 1 aliphatic carbocycles. The van der Waals surface area contributed by atoms with Crippen LogP contribution >= 0.6 is 0 Å². The fourth-order valence-corrected chi connectivity index (χ4v) is 5.82. The summed E-state index contributed by atoms with van der Waals surface area (Å²) in [5.74, 6) is 28.1. The van der Waals surface area contributed by atoms with Crippen LogP contribution in [0, 0.1) is 82.4 Å². The van der Waals surface area contributed by atoms with Crippen molar-refractivity contribution in [2.45, 2.75) is 122 Å². The zero-order valence-corrected chi connectivity index (χ0v) is 40.3. The molecule has 0 atom stereocenters. The van der Waals surface area contributed by atoms with Crippen LogP contribution in [0.3, 0.4) is 0 Å². The molecule has 0 spiro atoms. The van der Waals surface area contributed by atoms with Crippen molar-refractivity contribution < 1.29 is 19.0 Å². The van der Waals surface area contributed by atoms with Crippen molar-refractivity contribution in [1.82, 2.24) is 0 Å². The number of hydrogen-bond donors (Lipinski definition) is 1. The van der Waals surface area contributed by atoms with Crippen LogP contribution < -0.4 is 9.13 Å². The van der Waals surface area contributed by atoms with Gasteiger partial charge in [-0.15, -0.1) is 6.42 Å². The van der Waals surface area contributed by atoms with Gasteiger partial charge < -0.3 is 5.11 Å². The average Bonchev–Trinajstić information content (AvgIpc) is 3.16. The third kappa shape index (κ3) is 17.4. The molecule has 1 aromatic carbocycles. The largest absolute Gasteiger partial charge is 0.507 e. The van der Waals surface area contributed by atoms with Gasteiger partial charge in [-0.2, -0.15) is 0 Å². The lowest BCUT2D eigenvalue weighted by Gasteiger charge is -2.32. The van der Waals surface area contributed by atoms with Crippen LogP contribution in [-0.2, 0) is 29.7 Å². The average molecular weight is 813 g/mol. The van der Waals surface area contributed by atoms with Gasteiger partial charge in [-0.1, -0.05) is 101 Å². The molecule has 316 valence electrons. The lowest BCUT2D eigenvalue weighted by Crippen LogP contribution is -2.28. The second-order valence-corrected chi connectivity index (χ2v) is 18.7. The Bertz CT molecular complexity index is 2340. The molecule has 0 amide bonds. The first kappa shape index (κ1) is 52.6.